The molecule has 0 bridgehead atoms. The van der Waals surface area contributed by atoms with Crippen molar-refractivity contribution in [1.82, 2.24) is 15.5 Å². The highest BCUT2D eigenvalue weighted by Gasteiger charge is 2.15. The molecule has 0 fully saturated rings. The van der Waals surface area contributed by atoms with Crippen LogP contribution in [0, 0.1) is 0 Å². The first-order chi connectivity index (χ1) is 9.83. The lowest BCUT2D eigenvalue weighted by Gasteiger charge is -2.11. The highest BCUT2D eigenvalue weighted by Crippen LogP contribution is 2.37. The molecule has 106 valence electrons. The summed E-state index contributed by atoms with van der Waals surface area (Å²) in [5.41, 5.74) is 1.02. The average molecular weight is 296 g/mol. The molecular formula is C13H14ClN3O3. The van der Waals surface area contributed by atoms with Gasteiger partial charge in [-0.2, -0.15) is 4.98 Å². The number of hydrogen-bond donors (Lipinski definition) is 1. The zero-order chi connectivity index (χ0) is 13.8. The van der Waals surface area contributed by atoms with Crippen molar-refractivity contribution >= 4 is 11.6 Å². The van der Waals surface area contributed by atoms with Gasteiger partial charge in [0, 0.05) is 13.0 Å². The van der Waals surface area contributed by atoms with E-state index in [9.17, 15) is 0 Å². The maximum atomic E-state index is 6.23. The van der Waals surface area contributed by atoms with Gasteiger partial charge < -0.3 is 19.3 Å². The average Bonchev–Trinajstić information content (AvgIpc) is 2.83. The molecule has 0 aliphatic carbocycles. The number of aromatic nitrogens is 2. The van der Waals surface area contributed by atoms with E-state index in [0.717, 1.165) is 12.0 Å². The molecule has 1 aliphatic rings. The second-order valence-electron chi connectivity index (χ2n) is 4.41. The summed E-state index contributed by atoms with van der Waals surface area (Å²) in [6.45, 7) is 2.43. The van der Waals surface area contributed by atoms with Crippen LogP contribution >= 0.6 is 11.6 Å². The van der Waals surface area contributed by atoms with Crippen LogP contribution in [-0.4, -0.2) is 23.4 Å². The lowest BCUT2D eigenvalue weighted by molar-refractivity contribution is 0.297. The van der Waals surface area contributed by atoms with Crippen molar-refractivity contribution in [1.29, 1.82) is 0 Å². The normalized spacial score (nSPS) is 14.1. The monoisotopic (exact) mass is 295 g/mol. The highest BCUT2D eigenvalue weighted by molar-refractivity contribution is 6.32. The van der Waals surface area contributed by atoms with E-state index >= 15 is 0 Å². The SMILES string of the molecule is Clc1cc(CNCc2ncon2)cc2c1OCCCO2. The van der Waals surface area contributed by atoms with Gasteiger partial charge >= 0.3 is 0 Å². The van der Waals surface area contributed by atoms with E-state index in [0.29, 0.717) is 48.6 Å². The van der Waals surface area contributed by atoms with Gasteiger partial charge in [-0.1, -0.05) is 16.8 Å². The molecule has 1 aromatic carbocycles. The standard InChI is InChI=1S/C13H14ClN3O3/c14-10-4-9(6-15-7-12-16-8-20-17-12)5-11-13(10)19-3-1-2-18-11/h4-5,8,15H,1-3,6-7H2. The first-order valence-corrected chi connectivity index (χ1v) is 6.75. The topological polar surface area (TPSA) is 69.4 Å². The number of halogens is 1. The number of nitrogens with one attached hydrogen (secondary N) is 1. The fourth-order valence-electron chi connectivity index (χ4n) is 1.98. The number of rotatable bonds is 4. The first-order valence-electron chi connectivity index (χ1n) is 6.37. The molecule has 0 saturated heterocycles. The van der Waals surface area contributed by atoms with Crippen molar-refractivity contribution in [3.63, 3.8) is 0 Å². The summed E-state index contributed by atoms with van der Waals surface area (Å²) in [7, 11) is 0. The molecule has 7 heteroatoms. The van der Waals surface area contributed by atoms with Gasteiger partial charge in [-0.25, -0.2) is 0 Å². The Morgan fingerprint density at radius 3 is 2.95 bits per heavy atom. The van der Waals surface area contributed by atoms with Crippen LogP contribution in [0.1, 0.15) is 17.8 Å². The number of nitrogens with zero attached hydrogens (tertiary/aromatic N) is 2. The second-order valence-corrected chi connectivity index (χ2v) is 4.81. The smallest absolute Gasteiger partial charge is 0.213 e. The molecule has 3 rings (SSSR count). The van der Waals surface area contributed by atoms with Crippen molar-refractivity contribution in [3.8, 4) is 11.5 Å². The molecule has 0 radical (unpaired) electrons. The molecule has 2 heterocycles. The van der Waals surface area contributed by atoms with Gasteiger partial charge in [-0.05, 0) is 17.7 Å². The van der Waals surface area contributed by atoms with Gasteiger partial charge in [0.25, 0.3) is 0 Å². The first kappa shape index (κ1) is 13.2. The van der Waals surface area contributed by atoms with E-state index < -0.39 is 0 Å². The van der Waals surface area contributed by atoms with E-state index in [1.807, 2.05) is 12.1 Å². The minimum Gasteiger partial charge on any atom is -0.489 e. The van der Waals surface area contributed by atoms with Crippen LogP contribution in [0.2, 0.25) is 5.02 Å². The third-order valence-electron chi connectivity index (χ3n) is 2.88. The minimum atomic E-state index is 0.530. The van der Waals surface area contributed by atoms with Crippen molar-refractivity contribution < 1.29 is 14.0 Å². The Hall–Kier alpha value is -1.79. The lowest BCUT2D eigenvalue weighted by Crippen LogP contribution is -2.13. The third-order valence-corrected chi connectivity index (χ3v) is 3.16. The van der Waals surface area contributed by atoms with Gasteiger partial charge in [-0.3, -0.25) is 0 Å². The van der Waals surface area contributed by atoms with Crippen LogP contribution in [0.4, 0.5) is 0 Å². The van der Waals surface area contributed by atoms with Crippen LogP contribution in [0.15, 0.2) is 23.0 Å². The van der Waals surface area contributed by atoms with E-state index in [1.54, 1.807) is 0 Å². The third kappa shape index (κ3) is 3.02. The zero-order valence-corrected chi connectivity index (χ0v) is 11.5. The summed E-state index contributed by atoms with van der Waals surface area (Å²) >= 11 is 6.23. The van der Waals surface area contributed by atoms with Gasteiger partial charge in [0.1, 0.15) is 0 Å². The summed E-state index contributed by atoms with van der Waals surface area (Å²) in [6, 6.07) is 3.81. The summed E-state index contributed by atoms with van der Waals surface area (Å²) < 4.78 is 15.9. The van der Waals surface area contributed by atoms with E-state index in [-0.39, 0.29) is 0 Å². The molecule has 0 spiro atoms. The molecule has 1 aromatic heterocycles. The fraction of sp³-hybridized carbons (Fsp3) is 0.385. The molecule has 0 amide bonds. The number of hydrogen-bond acceptors (Lipinski definition) is 6. The van der Waals surface area contributed by atoms with Crippen LogP contribution in [-0.2, 0) is 13.1 Å². The highest BCUT2D eigenvalue weighted by atomic mass is 35.5. The largest absolute Gasteiger partial charge is 0.489 e. The second kappa shape index (κ2) is 6.11. The maximum Gasteiger partial charge on any atom is 0.213 e. The summed E-state index contributed by atoms with van der Waals surface area (Å²) in [5.74, 6) is 1.95. The summed E-state index contributed by atoms with van der Waals surface area (Å²) in [6.07, 6.45) is 2.16. The summed E-state index contributed by atoms with van der Waals surface area (Å²) in [4.78, 5) is 3.94. The van der Waals surface area contributed by atoms with Crippen LogP contribution in [0.3, 0.4) is 0 Å². The van der Waals surface area contributed by atoms with Crippen LogP contribution < -0.4 is 14.8 Å². The predicted molar refractivity (Wildman–Crippen MR) is 71.9 cm³/mol. The molecule has 20 heavy (non-hydrogen) atoms. The Kier molecular flexibility index (Phi) is 4.03. The number of benzene rings is 1. The van der Waals surface area contributed by atoms with Gasteiger partial charge in [0.15, 0.2) is 17.3 Å². The Bertz CT molecular complexity index is 574. The van der Waals surface area contributed by atoms with Crippen LogP contribution in [0.25, 0.3) is 0 Å². The molecule has 6 nitrogen and oxygen atoms in total. The quantitative estimate of drug-likeness (QED) is 0.932. The van der Waals surface area contributed by atoms with Gasteiger partial charge in [-0.15, -0.1) is 0 Å². The molecule has 0 atom stereocenters. The Balaban J connectivity index is 1.67. The molecule has 0 saturated carbocycles. The zero-order valence-electron chi connectivity index (χ0n) is 10.8. The minimum absolute atomic E-state index is 0.530. The van der Waals surface area contributed by atoms with E-state index in [1.165, 1.54) is 6.39 Å². The Morgan fingerprint density at radius 1 is 1.20 bits per heavy atom. The molecule has 0 unspecified atom stereocenters. The number of ether oxygens (including phenoxy) is 2. The Morgan fingerprint density at radius 2 is 2.10 bits per heavy atom. The van der Waals surface area contributed by atoms with E-state index in [4.69, 9.17) is 21.1 Å². The van der Waals surface area contributed by atoms with Crippen LogP contribution in [0.5, 0.6) is 11.5 Å². The van der Waals surface area contributed by atoms with Gasteiger partial charge in [0.2, 0.25) is 6.39 Å². The lowest BCUT2D eigenvalue weighted by atomic mass is 10.2. The number of fused-ring (bicyclic) bond motifs is 1. The molecule has 1 aliphatic heterocycles. The molecular weight excluding hydrogens is 282 g/mol. The van der Waals surface area contributed by atoms with Crippen molar-refractivity contribution in [2.45, 2.75) is 19.5 Å². The molecule has 1 N–H and O–H groups in total. The van der Waals surface area contributed by atoms with Crippen molar-refractivity contribution in [2.24, 2.45) is 0 Å². The fourth-order valence-corrected chi connectivity index (χ4v) is 2.26. The summed E-state index contributed by atoms with van der Waals surface area (Å²) in [5, 5.41) is 7.51. The van der Waals surface area contributed by atoms with Crippen molar-refractivity contribution in [3.05, 3.63) is 34.9 Å². The van der Waals surface area contributed by atoms with E-state index in [2.05, 4.69) is 20.0 Å². The molecule has 2 aromatic rings. The van der Waals surface area contributed by atoms with Gasteiger partial charge in [0.05, 0.1) is 24.8 Å². The Labute approximate surface area is 121 Å². The van der Waals surface area contributed by atoms with Crippen molar-refractivity contribution in [2.75, 3.05) is 13.2 Å². The maximum absolute atomic E-state index is 6.23. The predicted octanol–water partition coefficient (Wildman–Crippen LogP) is 2.17.